The second-order valence-electron chi connectivity index (χ2n) is 6.11. The van der Waals surface area contributed by atoms with Gasteiger partial charge in [0.15, 0.2) is 5.17 Å². The summed E-state index contributed by atoms with van der Waals surface area (Å²) in [5.74, 6) is 0. The van der Waals surface area contributed by atoms with Gasteiger partial charge in [-0.2, -0.15) is 0 Å². The number of hydrogen-bond donors (Lipinski definition) is 3. The summed E-state index contributed by atoms with van der Waals surface area (Å²) in [6.07, 6.45) is 3.81. The molecule has 0 aliphatic carbocycles. The number of thioether (sulfide) groups is 1. The number of nitrogens with two attached hydrogens (primary N) is 1. The van der Waals surface area contributed by atoms with E-state index in [0.717, 1.165) is 26.5 Å². The van der Waals surface area contributed by atoms with Crippen molar-refractivity contribution in [1.29, 1.82) is 0 Å². The van der Waals surface area contributed by atoms with Crippen molar-refractivity contribution in [2.45, 2.75) is 5.66 Å². The maximum absolute atomic E-state index is 9.64. The Hall–Kier alpha value is -1.80. The van der Waals surface area contributed by atoms with E-state index in [1.807, 2.05) is 72.0 Å². The summed E-state index contributed by atoms with van der Waals surface area (Å²) >= 11 is 5.09. The van der Waals surface area contributed by atoms with Crippen molar-refractivity contribution < 1.29 is 5.11 Å². The van der Waals surface area contributed by atoms with Gasteiger partial charge in [-0.15, -0.1) is 0 Å². The molecule has 0 fully saturated rings. The molecule has 1 atom stereocenters. The van der Waals surface area contributed by atoms with Crippen LogP contribution in [0.3, 0.4) is 0 Å². The Labute approximate surface area is 172 Å². The number of benzene rings is 2. The molecular weight excluding hydrogens is 424 g/mol. The molecule has 0 saturated heterocycles. The van der Waals surface area contributed by atoms with Crippen LogP contribution in [0, 0.1) is 0 Å². The smallest absolute Gasteiger partial charge is 0.165 e. The number of rotatable bonds is 6. The Morgan fingerprint density at radius 3 is 2.56 bits per heavy atom. The molecule has 7 heteroatoms. The van der Waals surface area contributed by atoms with Crippen molar-refractivity contribution in [2.24, 2.45) is 10.7 Å². The highest BCUT2D eigenvalue weighted by molar-refractivity contribution is 9.10. The highest BCUT2D eigenvalue weighted by Crippen LogP contribution is 2.36. The van der Waals surface area contributed by atoms with E-state index >= 15 is 0 Å². The highest BCUT2D eigenvalue weighted by atomic mass is 79.9. The molecule has 1 unspecified atom stereocenters. The molecule has 0 bridgehead atoms. The van der Waals surface area contributed by atoms with E-state index < -0.39 is 5.66 Å². The van der Waals surface area contributed by atoms with Crippen molar-refractivity contribution in [3.63, 3.8) is 0 Å². The third kappa shape index (κ3) is 4.06. The van der Waals surface area contributed by atoms with Crippen LogP contribution >= 0.6 is 27.7 Å². The number of anilines is 1. The molecule has 142 valence electrons. The Balaban J connectivity index is 1.99. The molecule has 4 N–H and O–H groups in total. The summed E-state index contributed by atoms with van der Waals surface area (Å²) < 4.78 is 0.990. The van der Waals surface area contributed by atoms with Crippen molar-refractivity contribution in [2.75, 3.05) is 31.3 Å². The van der Waals surface area contributed by atoms with Crippen LogP contribution < -0.4 is 11.1 Å². The largest absolute Gasteiger partial charge is 0.395 e. The molecule has 0 aromatic heterocycles. The summed E-state index contributed by atoms with van der Waals surface area (Å²) in [6, 6.07) is 17.9. The van der Waals surface area contributed by atoms with Gasteiger partial charge in [0.2, 0.25) is 0 Å². The maximum Gasteiger partial charge on any atom is 0.165 e. The molecule has 1 heterocycles. The van der Waals surface area contributed by atoms with E-state index in [1.165, 1.54) is 11.8 Å². The van der Waals surface area contributed by atoms with Gasteiger partial charge in [-0.05, 0) is 39.9 Å². The van der Waals surface area contributed by atoms with Crippen LogP contribution in [0.5, 0.6) is 0 Å². The van der Waals surface area contributed by atoms with Gasteiger partial charge < -0.3 is 21.1 Å². The first-order chi connectivity index (χ1) is 13.1. The van der Waals surface area contributed by atoms with E-state index in [4.69, 9.17) is 5.73 Å². The molecule has 0 spiro atoms. The van der Waals surface area contributed by atoms with Gasteiger partial charge >= 0.3 is 0 Å². The van der Waals surface area contributed by atoms with Crippen molar-refractivity contribution in [1.82, 2.24) is 4.90 Å². The van der Waals surface area contributed by atoms with Crippen LogP contribution in [0.2, 0.25) is 0 Å². The molecule has 0 amide bonds. The number of nitrogens with one attached hydrogen (secondary N) is 1. The number of hydrogen-bond acceptors (Lipinski definition) is 6. The Kier molecular flexibility index (Phi) is 6.59. The molecule has 5 nitrogen and oxygen atoms in total. The molecule has 0 radical (unpaired) electrons. The number of β-amino-alcohol motifs (C(OH)–C–C–N with tert-alkyl or cyclic N) is 1. The van der Waals surface area contributed by atoms with Crippen molar-refractivity contribution in [3.8, 4) is 0 Å². The number of para-hydroxylation sites is 1. The van der Waals surface area contributed by atoms with Crippen LogP contribution in [-0.2, 0) is 5.66 Å². The summed E-state index contributed by atoms with van der Waals surface area (Å²) in [4.78, 5) is 6.56. The minimum Gasteiger partial charge on any atom is -0.395 e. The number of aliphatic hydroxyl groups is 1. The Morgan fingerprint density at radius 1 is 1.19 bits per heavy atom. The molecule has 3 rings (SSSR count). The molecule has 1 aliphatic heterocycles. The van der Waals surface area contributed by atoms with Gasteiger partial charge in [0.25, 0.3) is 0 Å². The van der Waals surface area contributed by atoms with Crippen LogP contribution in [-0.4, -0.2) is 41.1 Å². The predicted octanol–water partition coefficient (Wildman–Crippen LogP) is 3.58. The molecule has 27 heavy (non-hydrogen) atoms. The number of nitrogens with zero attached hydrogens (tertiary/aromatic N) is 2. The zero-order valence-electron chi connectivity index (χ0n) is 15.1. The average molecular weight is 447 g/mol. The second-order valence-corrected chi connectivity index (χ2v) is 7.74. The van der Waals surface area contributed by atoms with E-state index in [9.17, 15) is 5.11 Å². The first kappa shape index (κ1) is 19.9. The lowest BCUT2D eigenvalue weighted by Gasteiger charge is -2.46. The lowest BCUT2D eigenvalue weighted by molar-refractivity contribution is 0.170. The minimum absolute atomic E-state index is 0.00367. The van der Waals surface area contributed by atoms with Gasteiger partial charge in [0.05, 0.1) is 6.61 Å². The van der Waals surface area contributed by atoms with Crippen molar-refractivity contribution in [3.05, 3.63) is 76.4 Å². The summed E-state index contributed by atoms with van der Waals surface area (Å²) in [7, 11) is 0. The second kappa shape index (κ2) is 8.93. The number of amidine groups is 1. The summed E-state index contributed by atoms with van der Waals surface area (Å²) in [5.41, 5.74) is 9.01. The number of aliphatic imine (C=N–C) groups is 1. The molecule has 1 aliphatic rings. The fraction of sp³-hybridized carbons (Fsp3) is 0.250. The SMILES string of the molecule is CSC1=NC=C(CNc2ccccc2Br)C(N)(c2ccccc2)N1CCO. The molecule has 2 aromatic carbocycles. The molecular formula is C20H23BrN4OS. The lowest BCUT2D eigenvalue weighted by atomic mass is 9.89. The lowest BCUT2D eigenvalue weighted by Crippen LogP contribution is -2.59. The van der Waals surface area contributed by atoms with E-state index in [2.05, 4.69) is 26.2 Å². The molecule has 0 saturated carbocycles. The zero-order chi connectivity index (χ0) is 19.3. The third-order valence-corrected chi connectivity index (χ3v) is 5.92. The van der Waals surface area contributed by atoms with Gasteiger partial charge in [-0.25, -0.2) is 4.99 Å². The van der Waals surface area contributed by atoms with Crippen LogP contribution in [0.1, 0.15) is 5.56 Å². The number of halogens is 1. The van der Waals surface area contributed by atoms with Gasteiger partial charge in [-0.1, -0.05) is 54.2 Å². The molecule has 2 aromatic rings. The standard InChI is InChI=1S/C20H23BrN4OS/c1-27-19-24-14-16(13-23-18-10-6-5-9-17(18)21)20(22,25(19)11-12-26)15-7-3-2-4-8-15/h2-10,14,23,26H,11-13,22H2,1H3. The summed E-state index contributed by atoms with van der Waals surface area (Å²) in [5, 5.41) is 13.9. The topological polar surface area (TPSA) is 73.9 Å². The van der Waals surface area contributed by atoms with E-state index in [1.54, 1.807) is 0 Å². The monoisotopic (exact) mass is 446 g/mol. The Morgan fingerprint density at radius 2 is 1.89 bits per heavy atom. The van der Waals surface area contributed by atoms with Gasteiger partial charge in [-0.3, -0.25) is 0 Å². The first-order valence-corrected chi connectivity index (χ1v) is 10.7. The maximum atomic E-state index is 9.64. The quantitative estimate of drug-likeness (QED) is 0.632. The fourth-order valence-electron chi connectivity index (χ4n) is 3.17. The van der Waals surface area contributed by atoms with Crippen LogP contribution in [0.25, 0.3) is 0 Å². The van der Waals surface area contributed by atoms with Crippen LogP contribution in [0.15, 0.2) is 75.8 Å². The van der Waals surface area contributed by atoms with Gasteiger partial charge in [0.1, 0.15) is 5.66 Å². The van der Waals surface area contributed by atoms with Gasteiger partial charge in [0, 0.05) is 35.0 Å². The third-order valence-electron chi connectivity index (χ3n) is 4.54. The fourth-order valence-corrected chi connectivity index (χ4v) is 4.21. The first-order valence-electron chi connectivity index (χ1n) is 8.64. The zero-order valence-corrected chi connectivity index (χ0v) is 17.5. The normalized spacial score (nSPS) is 19.5. The van der Waals surface area contributed by atoms with Crippen LogP contribution in [0.4, 0.5) is 5.69 Å². The van der Waals surface area contributed by atoms with E-state index in [0.29, 0.717) is 13.1 Å². The predicted molar refractivity (Wildman–Crippen MR) is 118 cm³/mol. The minimum atomic E-state index is -0.891. The van der Waals surface area contributed by atoms with Crippen molar-refractivity contribution >= 4 is 38.5 Å². The Bertz CT molecular complexity index is 843. The summed E-state index contributed by atoms with van der Waals surface area (Å²) in [6.45, 7) is 0.925. The van der Waals surface area contributed by atoms with E-state index in [-0.39, 0.29) is 6.61 Å². The number of aliphatic hydroxyl groups excluding tert-OH is 1. The average Bonchev–Trinajstić information content (AvgIpc) is 2.70. The highest BCUT2D eigenvalue weighted by Gasteiger charge is 2.41.